The fraction of sp³-hybridized carbons (Fsp3) is 0.357. The van der Waals surface area contributed by atoms with Crippen LogP contribution in [-0.2, 0) is 19.4 Å². The number of amides is 1. The highest BCUT2D eigenvalue weighted by Gasteiger charge is 2.31. The molecule has 2 aromatic carbocycles. The van der Waals surface area contributed by atoms with Gasteiger partial charge in [0, 0.05) is 43.0 Å². The van der Waals surface area contributed by atoms with E-state index in [1.165, 1.54) is 16.8 Å². The number of nitrogens with zero attached hydrogens (tertiary/aromatic N) is 6. The maximum Gasteiger partial charge on any atom is 0.274 e. The number of hydrogen-bond acceptors (Lipinski definition) is 6. The molecule has 8 nitrogen and oxygen atoms in total. The molecule has 0 bridgehead atoms. The van der Waals surface area contributed by atoms with Crippen molar-refractivity contribution in [2.24, 2.45) is 0 Å². The minimum absolute atomic E-state index is 0.0399. The Hall–Kier alpha value is -3.78. The van der Waals surface area contributed by atoms with E-state index in [0.717, 1.165) is 49.2 Å². The highest BCUT2D eigenvalue weighted by atomic mass is 16.5. The number of hydrogen-bond donors (Lipinski definition) is 0. The van der Waals surface area contributed by atoms with Crippen LogP contribution in [0.1, 0.15) is 45.2 Å². The van der Waals surface area contributed by atoms with Crippen LogP contribution in [0.25, 0.3) is 17.1 Å². The van der Waals surface area contributed by atoms with Gasteiger partial charge in [0.25, 0.3) is 5.91 Å². The molecule has 1 aliphatic carbocycles. The molecule has 1 aliphatic heterocycles. The first kappa shape index (κ1) is 22.7. The summed E-state index contributed by atoms with van der Waals surface area (Å²) in [4.78, 5) is 22.3. The van der Waals surface area contributed by atoms with E-state index in [-0.39, 0.29) is 5.91 Å². The number of carbonyl (C=O) groups excluding carboxylic acids is 1. The quantitative estimate of drug-likeness (QED) is 0.428. The Labute approximate surface area is 210 Å². The maximum absolute atomic E-state index is 13.5. The molecule has 0 N–H and O–H groups in total. The highest BCUT2D eigenvalue weighted by Crippen LogP contribution is 2.29. The van der Waals surface area contributed by atoms with Crippen molar-refractivity contribution in [2.45, 2.75) is 39.7 Å². The third-order valence-electron chi connectivity index (χ3n) is 7.21. The third kappa shape index (κ3) is 4.33. The number of benzene rings is 2. The molecule has 1 amide bonds. The van der Waals surface area contributed by atoms with Gasteiger partial charge in [-0.3, -0.25) is 9.69 Å². The molecule has 0 unspecified atom stereocenters. The number of aromatic nitrogens is 4. The van der Waals surface area contributed by atoms with Crippen LogP contribution in [0.15, 0.2) is 53.1 Å². The van der Waals surface area contributed by atoms with Crippen molar-refractivity contribution in [3.05, 3.63) is 82.5 Å². The third-order valence-corrected chi connectivity index (χ3v) is 7.21. The number of piperazine rings is 1. The summed E-state index contributed by atoms with van der Waals surface area (Å²) in [5, 5.41) is 8.95. The second-order valence-electron chi connectivity index (χ2n) is 9.82. The van der Waals surface area contributed by atoms with Crippen molar-refractivity contribution in [3.8, 4) is 17.1 Å². The molecule has 0 radical (unpaired) electrons. The van der Waals surface area contributed by atoms with E-state index in [0.29, 0.717) is 37.0 Å². The molecule has 1 saturated heterocycles. The van der Waals surface area contributed by atoms with Gasteiger partial charge in [-0.25, -0.2) is 4.68 Å². The van der Waals surface area contributed by atoms with Crippen molar-refractivity contribution in [1.29, 1.82) is 0 Å². The maximum atomic E-state index is 13.5. The Morgan fingerprint density at radius 2 is 1.61 bits per heavy atom. The number of aryl methyl sites for hydroxylation is 2. The van der Waals surface area contributed by atoms with Gasteiger partial charge in [0.1, 0.15) is 0 Å². The standard InChI is InChI=1S/C28H30N6O2/c1-19-6-10-21(11-7-19)27-29-25(36-31-27)18-32-14-16-33(17-15-32)28(35)26-23-4-3-5-24(23)34(30-26)22-12-8-20(2)9-13-22/h6-13H,3-5,14-18H2,1-2H3. The molecule has 36 heavy (non-hydrogen) atoms. The molecule has 8 heteroatoms. The van der Waals surface area contributed by atoms with E-state index in [1.807, 2.05) is 33.8 Å². The van der Waals surface area contributed by atoms with Crippen molar-refractivity contribution in [3.63, 3.8) is 0 Å². The summed E-state index contributed by atoms with van der Waals surface area (Å²) in [6.45, 7) is 7.54. The van der Waals surface area contributed by atoms with Crippen molar-refractivity contribution >= 4 is 5.91 Å². The molecule has 0 atom stereocenters. The minimum atomic E-state index is 0.0399. The zero-order valence-corrected chi connectivity index (χ0v) is 20.8. The molecule has 184 valence electrons. The summed E-state index contributed by atoms with van der Waals surface area (Å²) in [7, 11) is 0. The second-order valence-corrected chi connectivity index (χ2v) is 9.82. The number of rotatable bonds is 5. The predicted molar refractivity (Wildman–Crippen MR) is 136 cm³/mol. The van der Waals surface area contributed by atoms with E-state index in [2.05, 4.69) is 53.2 Å². The molecule has 2 aliphatic rings. The largest absolute Gasteiger partial charge is 0.338 e. The lowest BCUT2D eigenvalue weighted by Gasteiger charge is -2.33. The molecule has 0 saturated carbocycles. The van der Waals surface area contributed by atoms with Gasteiger partial charge in [-0.15, -0.1) is 0 Å². The topological polar surface area (TPSA) is 80.3 Å². The van der Waals surface area contributed by atoms with Gasteiger partial charge in [0.2, 0.25) is 11.7 Å². The summed E-state index contributed by atoms with van der Waals surface area (Å²) in [6, 6.07) is 16.4. The Kier molecular flexibility index (Phi) is 5.89. The number of fused-ring (bicyclic) bond motifs is 1. The Bertz CT molecular complexity index is 1380. The molecule has 2 aromatic heterocycles. The lowest BCUT2D eigenvalue weighted by Crippen LogP contribution is -2.48. The Morgan fingerprint density at radius 3 is 2.33 bits per heavy atom. The SMILES string of the molecule is Cc1ccc(-c2noc(CN3CCN(C(=O)c4nn(-c5ccc(C)cc5)c5c4CCC5)CC3)n2)cc1. The van der Waals surface area contributed by atoms with Crippen LogP contribution in [0, 0.1) is 13.8 Å². The zero-order chi connectivity index (χ0) is 24.6. The molecule has 3 heterocycles. The first-order valence-corrected chi connectivity index (χ1v) is 12.6. The fourth-order valence-electron chi connectivity index (χ4n) is 5.10. The fourth-order valence-corrected chi connectivity index (χ4v) is 5.10. The van der Waals surface area contributed by atoms with Gasteiger partial charge in [0.15, 0.2) is 5.69 Å². The molecule has 6 rings (SSSR count). The molecule has 1 fully saturated rings. The van der Waals surface area contributed by atoms with Crippen molar-refractivity contribution in [1.82, 2.24) is 29.7 Å². The minimum Gasteiger partial charge on any atom is -0.338 e. The van der Waals surface area contributed by atoms with Crippen LogP contribution in [0.3, 0.4) is 0 Å². The summed E-state index contributed by atoms with van der Waals surface area (Å²) in [6.07, 6.45) is 2.95. The molecular formula is C28H30N6O2. The van der Waals surface area contributed by atoms with Gasteiger partial charge in [-0.2, -0.15) is 10.1 Å². The first-order valence-electron chi connectivity index (χ1n) is 12.6. The van der Waals surface area contributed by atoms with Crippen LogP contribution in [0.2, 0.25) is 0 Å². The van der Waals surface area contributed by atoms with Crippen LogP contribution in [-0.4, -0.2) is 61.8 Å². The van der Waals surface area contributed by atoms with Gasteiger partial charge in [-0.05, 0) is 45.2 Å². The molecule has 0 spiro atoms. The van der Waals surface area contributed by atoms with E-state index >= 15 is 0 Å². The summed E-state index contributed by atoms with van der Waals surface area (Å²) in [5.74, 6) is 1.25. The monoisotopic (exact) mass is 482 g/mol. The second kappa shape index (κ2) is 9.35. The predicted octanol–water partition coefficient (Wildman–Crippen LogP) is 3.99. The summed E-state index contributed by atoms with van der Waals surface area (Å²) >= 11 is 0. The van der Waals surface area contributed by atoms with Crippen molar-refractivity contribution < 1.29 is 9.32 Å². The molecular weight excluding hydrogens is 452 g/mol. The van der Waals surface area contributed by atoms with Crippen LogP contribution in [0.4, 0.5) is 0 Å². The smallest absolute Gasteiger partial charge is 0.274 e. The Morgan fingerprint density at radius 1 is 0.917 bits per heavy atom. The van der Waals surface area contributed by atoms with E-state index in [9.17, 15) is 4.79 Å². The lowest BCUT2D eigenvalue weighted by molar-refractivity contribution is 0.0608. The van der Waals surface area contributed by atoms with E-state index in [1.54, 1.807) is 0 Å². The normalized spacial score (nSPS) is 15.9. The van der Waals surface area contributed by atoms with Gasteiger partial charge < -0.3 is 9.42 Å². The van der Waals surface area contributed by atoms with Gasteiger partial charge in [0.05, 0.1) is 12.2 Å². The van der Waals surface area contributed by atoms with Crippen LogP contribution < -0.4 is 0 Å². The number of carbonyl (C=O) groups is 1. The molecule has 4 aromatic rings. The zero-order valence-electron chi connectivity index (χ0n) is 20.8. The average Bonchev–Trinajstić information content (AvgIpc) is 3.63. The first-order chi connectivity index (χ1) is 17.5. The average molecular weight is 483 g/mol. The lowest BCUT2D eigenvalue weighted by atomic mass is 10.1. The summed E-state index contributed by atoms with van der Waals surface area (Å²) < 4.78 is 7.48. The van der Waals surface area contributed by atoms with Gasteiger partial charge >= 0.3 is 0 Å². The van der Waals surface area contributed by atoms with E-state index in [4.69, 9.17) is 9.62 Å². The van der Waals surface area contributed by atoms with Crippen LogP contribution in [0.5, 0.6) is 0 Å². The summed E-state index contributed by atoms with van der Waals surface area (Å²) in [5.41, 5.74) is 7.30. The van der Waals surface area contributed by atoms with Crippen molar-refractivity contribution in [2.75, 3.05) is 26.2 Å². The van der Waals surface area contributed by atoms with Crippen LogP contribution >= 0.6 is 0 Å². The highest BCUT2D eigenvalue weighted by molar-refractivity contribution is 5.94. The van der Waals surface area contributed by atoms with E-state index < -0.39 is 0 Å². The van der Waals surface area contributed by atoms with Gasteiger partial charge in [-0.1, -0.05) is 52.7 Å². The Balaban J connectivity index is 1.11.